The Bertz CT molecular complexity index is 580. The molecule has 134 valence electrons. The van der Waals surface area contributed by atoms with Gasteiger partial charge in [-0.2, -0.15) is 0 Å². The van der Waals surface area contributed by atoms with E-state index in [1.165, 1.54) is 0 Å². The minimum atomic E-state index is -0.999. The van der Waals surface area contributed by atoms with E-state index in [9.17, 15) is 14.0 Å². The highest BCUT2D eigenvalue weighted by molar-refractivity contribution is 5.76. The van der Waals surface area contributed by atoms with Gasteiger partial charge in [-0.3, -0.25) is 9.59 Å². The second-order valence-corrected chi connectivity index (χ2v) is 6.12. The predicted molar refractivity (Wildman–Crippen MR) is 83.4 cm³/mol. The monoisotopic (exact) mass is 342 g/mol. The molecule has 0 spiro atoms. The molecule has 9 heteroatoms. The number of hydrogen-bond donors (Lipinski definition) is 1. The van der Waals surface area contributed by atoms with Gasteiger partial charge in [-0.1, -0.05) is 5.10 Å². The average Bonchev–Trinajstić information content (AvgIpc) is 3.08. The zero-order valence-corrected chi connectivity index (χ0v) is 13.9. The lowest BCUT2D eigenvalue weighted by Crippen LogP contribution is -2.41. The number of alkyl halides is 1. The van der Waals surface area contributed by atoms with Crippen LogP contribution in [-0.2, 0) is 9.59 Å². The van der Waals surface area contributed by atoms with E-state index >= 15 is 0 Å². The molecule has 1 N–H and O–H groups in total. The number of aliphatic carboxylic acids is 1. The first-order valence-corrected chi connectivity index (χ1v) is 8.03. The van der Waals surface area contributed by atoms with Crippen molar-refractivity contribution >= 4 is 17.9 Å². The third-order valence-corrected chi connectivity index (χ3v) is 4.07. The summed E-state index contributed by atoms with van der Waals surface area (Å²) in [6.45, 7) is 2.20. The van der Waals surface area contributed by atoms with Crippen LogP contribution in [-0.4, -0.2) is 64.4 Å². The van der Waals surface area contributed by atoms with Gasteiger partial charge in [0, 0.05) is 39.8 Å². The molecule has 0 radical (unpaired) electrons. The van der Waals surface area contributed by atoms with Gasteiger partial charge in [-0.05, 0) is 12.8 Å². The molecule has 1 aromatic heterocycles. The number of aromatic nitrogens is 2. The van der Waals surface area contributed by atoms with Crippen molar-refractivity contribution in [2.24, 2.45) is 0 Å². The fourth-order valence-corrected chi connectivity index (χ4v) is 2.83. The molecule has 0 aromatic carbocycles. The highest BCUT2D eigenvalue weighted by Gasteiger charge is 2.36. The quantitative estimate of drug-likeness (QED) is 0.713. The SMILES string of the molecule is Cc1nnc(N2C[C@@H](F)C[C@H]2CN(C)C(=O)CCCCC(=O)O)o1. The van der Waals surface area contributed by atoms with Crippen LogP contribution in [0, 0.1) is 6.92 Å². The molecule has 0 unspecified atom stereocenters. The lowest BCUT2D eigenvalue weighted by molar-refractivity contribution is -0.137. The van der Waals surface area contributed by atoms with Crippen molar-refractivity contribution in [2.75, 3.05) is 25.0 Å². The zero-order valence-electron chi connectivity index (χ0n) is 13.9. The van der Waals surface area contributed by atoms with Gasteiger partial charge in [-0.25, -0.2) is 4.39 Å². The molecule has 1 aliphatic rings. The number of anilines is 1. The number of carbonyl (C=O) groups excluding carboxylic acids is 1. The third-order valence-electron chi connectivity index (χ3n) is 4.07. The molecule has 0 aliphatic carbocycles. The number of likely N-dealkylation sites (N-methyl/N-ethyl adjacent to an activating group) is 1. The fourth-order valence-electron chi connectivity index (χ4n) is 2.83. The van der Waals surface area contributed by atoms with Crippen molar-refractivity contribution in [3.8, 4) is 0 Å². The Morgan fingerprint density at radius 2 is 2.08 bits per heavy atom. The van der Waals surface area contributed by atoms with Crippen molar-refractivity contribution in [1.29, 1.82) is 0 Å². The second kappa shape index (κ2) is 8.07. The van der Waals surface area contributed by atoms with Crippen LogP contribution in [0.4, 0.5) is 10.4 Å². The molecular weight excluding hydrogens is 319 g/mol. The number of aryl methyl sites for hydroxylation is 1. The van der Waals surface area contributed by atoms with Crippen LogP contribution in [0.3, 0.4) is 0 Å². The number of carboxylic acid groups (broad SMARTS) is 1. The lowest BCUT2D eigenvalue weighted by Gasteiger charge is -2.27. The summed E-state index contributed by atoms with van der Waals surface area (Å²) in [6, 6.07) is 0.0628. The smallest absolute Gasteiger partial charge is 0.318 e. The van der Waals surface area contributed by atoms with Gasteiger partial charge in [-0.15, -0.1) is 5.10 Å². The van der Waals surface area contributed by atoms with Crippen LogP contribution in [0.5, 0.6) is 0 Å². The summed E-state index contributed by atoms with van der Waals surface area (Å²) in [7, 11) is 1.67. The van der Waals surface area contributed by atoms with E-state index < -0.39 is 12.1 Å². The van der Waals surface area contributed by atoms with Gasteiger partial charge in [0.05, 0.1) is 12.6 Å². The molecular formula is C15H23FN4O4. The highest BCUT2D eigenvalue weighted by atomic mass is 19.1. The molecule has 2 atom stereocenters. The van der Waals surface area contributed by atoms with Gasteiger partial charge in [0.2, 0.25) is 11.8 Å². The first-order chi connectivity index (χ1) is 11.4. The van der Waals surface area contributed by atoms with Crippen molar-refractivity contribution < 1.29 is 23.5 Å². The maximum atomic E-state index is 13.8. The highest BCUT2D eigenvalue weighted by Crippen LogP contribution is 2.26. The number of rotatable bonds is 8. The van der Waals surface area contributed by atoms with E-state index in [1.807, 2.05) is 0 Å². The van der Waals surface area contributed by atoms with Gasteiger partial charge >= 0.3 is 12.0 Å². The summed E-state index contributed by atoms with van der Waals surface area (Å²) < 4.78 is 19.2. The summed E-state index contributed by atoms with van der Waals surface area (Å²) in [5.41, 5.74) is 0. The first kappa shape index (κ1) is 18.2. The van der Waals surface area contributed by atoms with Crippen LogP contribution in [0.2, 0.25) is 0 Å². The van der Waals surface area contributed by atoms with Crippen LogP contribution in [0.1, 0.15) is 38.0 Å². The Balaban J connectivity index is 1.85. The van der Waals surface area contributed by atoms with E-state index in [-0.39, 0.29) is 37.4 Å². The molecule has 1 aliphatic heterocycles. The van der Waals surface area contributed by atoms with Gasteiger partial charge in [0.25, 0.3) is 0 Å². The van der Waals surface area contributed by atoms with Crippen LogP contribution < -0.4 is 4.90 Å². The molecule has 24 heavy (non-hydrogen) atoms. The third kappa shape index (κ3) is 4.90. The van der Waals surface area contributed by atoms with Gasteiger partial charge < -0.3 is 19.3 Å². The molecule has 2 heterocycles. The summed E-state index contributed by atoms with van der Waals surface area (Å²) in [4.78, 5) is 25.8. The Kier molecular flexibility index (Phi) is 6.10. The Morgan fingerprint density at radius 3 is 2.71 bits per heavy atom. The maximum Gasteiger partial charge on any atom is 0.318 e. The topological polar surface area (TPSA) is 99.8 Å². The number of carboxylic acids is 1. The van der Waals surface area contributed by atoms with Crippen LogP contribution >= 0.6 is 0 Å². The largest absolute Gasteiger partial charge is 0.481 e. The fraction of sp³-hybridized carbons (Fsp3) is 0.733. The normalized spacial score (nSPS) is 20.4. The number of halogens is 1. The molecule has 1 fully saturated rings. The Morgan fingerprint density at radius 1 is 1.38 bits per heavy atom. The van der Waals surface area contributed by atoms with Crippen molar-refractivity contribution in [1.82, 2.24) is 15.1 Å². The van der Waals surface area contributed by atoms with Crippen LogP contribution in [0.15, 0.2) is 4.42 Å². The average molecular weight is 342 g/mol. The van der Waals surface area contributed by atoms with E-state index in [2.05, 4.69) is 10.2 Å². The molecule has 1 aromatic rings. The molecule has 8 nitrogen and oxygen atoms in total. The Hall–Kier alpha value is -2.19. The number of amides is 1. The number of nitrogens with zero attached hydrogens (tertiary/aromatic N) is 4. The van der Waals surface area contributed by atoms with Gasteiger partial charge in [0.1, 0.15) is 6.17 Å². The summed E-state index contributed by atoms with van der Waals surface area (Å²) in [5.74, 6) is -0.528. The molecule has 1 amide bonds. The molecule has 1 saturated heterocycles. The summed E-state index contributed by atoms with van der Waals surface area (Å²) >= 11 is 0. The number of hydrogen-bond acceptors (Lipinski definition) is 6. The number of carbonyl (C=O) groups is 2. The summed E-state index contributed by atoms with van der Waals surface area (Å²) in [6.07, 6.45) is 0.651. The van der Waals surface area contributed by atoms with Crippen molar-refractivity contribution in [3.63, 3.8) is 0 Å². The minimum absolute atomic E-state index is 0.0629. The van der Waals surface area contributed by atoms with E-state index in [4.69, 9.17) is 9.52 Å². The lowest BCUT2D eigenvalue weighted by atomic mass is 10.1. The molecule has 0 bridgehead atoms. The molecule has 2 rings (SSSR count). The maximum absolute atomic E-state index is 13.8. The molecule has 0 saturated carbocycles. The first-order valence-electron chi connectivity index (χ1n) is 8.03. The zero-order chi connectivity index (χ0) is 17.7. The van der Waals surface area contributed by atoms with Gasteiger partial charge in [0.15, 0.2) is 0 Å². The number of unbranched alkanes of at least 4 members (excludes halogenated alkanes) is 1. The minimum Gasteiger partial charge on any atom is -0.481 e. The van der Waals surface area contributed by atoms with Crippen molar-refractivity contribution in [2.45, 2.75) is 51.2 Å². The summed E-state index contributed by atoms with van der Waals surface area (Å²) in [5, 5.41) is 16.3. The van der Waals surface area contributed by atoms with Crippen molar-refractivity contribution in [3.05, 3.63) is 5.89 Å². The van der Waals surface area contributed by atoms with Crippen LogP contribution in [0.25, 0.3) is 0 Å². The second-order valence-electron chi connectivity index (χ2n) is 6.12. The predicted octanol–water partition coefficient (Wildman–Crippen LogP) is 1.40. The Labute approximate surface area is 139 Å². The van der Waals surface area contributed by atoms with E-state index in [0.29, 0.717) is 31.7 Å². The standard InChI is InChI=1S/C15H23FN4O4/c1-10-17-18-15(24-10)20-8-11(16)7-12(20)9-19(2)13(21)5-3-4-6-14(22)23/h11-12H,3-9H2,1-2H3,(H,22,23)/t11-,12-/m0/s1. The van der Waals surface area contributed by atoms with E-state index in [0.717, 1.165) is 0 Å². The van der Waals surface area contributed by atoms with E-state index in [1.54, 1.807) is 23.8 Å².